The Morgan fingerprint density at radius 2 is 2.00 bits per heavy atom. The van der Waals surface area contributed by atoms with Crippen LogP contribution in [-0.4, -0.2) is 41.7 Å². The third kappa shape index (κ3) is 2.49. The first-order valence-corrected chi connectivity index (χ1v) is 8.17. The van der Waals surface area contributed by atoms with Crippen molar-refractivity contribution < 1.29 is 24.8 Å². The number of halogens is 2. The van der Waals surface area contributed by atoms with E-state index in [-0.39, 0.29) is 11.2 Å². The summed E-state index contributed by atoms with van der Waals surface area (Å²) in [6, 6.07) is 1.74. The first kappa shape index (κ1) is 17.0. The molecular weight excluding hydrogens is 408 g/mol. The van der Waals surface area contributed by atoms with Gasteiger partial charge in [0.05, 0.1) is 30.9 Å². The molecule has 118 valence electrons. The lowest BCUT2D eigenvalue weighted by Crippen LogP contribution is -2.51. The molecule has 1 aliphatic carbocycles. The van der Waals surface area contributed by atoms with Crippen molar-refractivity contribution in [2.45, 2.75) is 36.0 Å². The average molecular weight is 426 g/mol. The van der Waals surface area contributed by atoms with Crippen LogP contribution in [0.2, 0.25) is 0 Å². The number of rotatable bonds is 3. The molecule has 21 heavy (non-hydrogen) atoms. The van der Waals surface area contributed by atoms with Gasteiger partial charge in [-0.25, -0.2) is 0 Å². The summed E-state index contributed by atoms with van der Waals surface area (Å²) >= 11 is 6.88. The van der Waals surface area contributed by atoms with Crippen LogP contribution in [-0.2, 0) is 5.60 Å². The van der Waals surface area contributed by atoms with Gasteiger partial charge in [-0.2, -0.15) is 0 Å². The maximum atomic E-state index is 11.0. The molecule has 0 saturated carbocycles. The molecule has 0 bridgehead atoms. The highest BCUT2D eigenvalue weighted by Crippen LogP contribution is 2.54. The van der Waals surface area contributed by atoms with Crippen molar-refractivity contribution >= 4 is 31.9 Å². The molecule has 0 radical (unpaired) electrons. The minimum absolute atomic E-state index is 0.224. The topological polar surface area (TPSA) is 79.2 Å². The fourth-order valence-electron chi connectivity index (χ4n) is 2.85. The van der Waals surface area contributed by atoms with E-state index in [1.807, 2.05) is 0 Å². The Labute approximate surface area is 140 Å². The van der Waals surface area contributed by atoms with Crippen LogP contribution in [0.1, 0.15) is 29.3 Å². The lowest BCUT2D eigenvalue weighted by atomic mass is 9.73. The second-order valence-corrected chi connectivity index (χ2v) is 7.06. The van der Waals surface area contributed by atoms with E-state index in [2.05, 4.69) is 31.9 Å². The minimum Gasteiger partial charge on any atom is -0.496 e. The van der Waals surface area contributed by atoms with Gasteiger partial charge in [-0.15, -0.1) is 0 Å². The van der Waals surface area contributed by atoms with E-state index in [0.717, 1.165) is 0 Å². The van der Waals surface area contributed by atoms with Gasteiger partial charge in [0.25, 0.3) is 0 Å². The molecule has 4 atom stereocenters. The lowest BCUT2D eigenvalue weighted by Gasteiger charge is -2.43. The number of hydrogen-bond donors (Lipinski definition) is 3. The number of ether oxygens (including phenoxy) is 2. The standard InChI is InChI=1S/C14H18Br2O5/c1-6(17)14(19)10(18)5-7(15)11-9(20-2)4-8(16)13(21-3)12(11)14/h4,6-7,10,17-19H,5H2,1-3H3/t6-,7?,10-,14-/m1/s1. The van der Waals surface area contributed by atoms with Crippen LogP contribution in [0, 0.1) is 0 Å². The summed E-state index contributed by atoms with van der Waals surface area (Å²) in [5.74, 6) is 0.919. The van der Waals surface area contributed by atoms with Gasteiger partial charge in [-0.05, 0) is 35.3 Å². The Kier molecular flexibility index (Phi) is 4.90. The molecule has 3 N–H and O–H groups in total. The molecule has 0 amide bonds. The quantitative estimate of drug-likeness (QED) is 0.647. The van der Waals surface area contributed by atoms with Crippen molar-refractivity contribution in [1.29, 1.82) is 0 Å². The van der Waals surface area contributed by atoms with Gasteiger partial charge < -0.3 is 24.8 Å². The highest BCUT2D eigenvalue weighted by molar-refractivity contribution is 9.10. The van der Waals surface area contributed by atoms with Crippen molar-refractivity contribution in [1.82, 2.24) is 0 Å². The molecule has 0 fully saturated rings. The summed E-state index contributed by atoms with van der Waals surface area (Å²) in [5.41, 5.74) is -0.819. The summed E-state index contributed by atoms with van der Waals surface area (Å²) in [4.78, 5) is -0.224. The number of alkyl halides is 1. The number of aliphatic hydroxyl groups is 3. The molecule has 1 aromatic carbocycles. The monoisotopic (exact) mass is 424 g/mol. The fraction of sp³-hybridized carbons (Fsp3) is 0.571. The van der Waals surface area contributed by atoms with Gasteiger partial charge in [0.1, 0.15) is 17.1 Å². The largest absolute Gasteiger partial charge is 0.496 e. The fourth-order valence-corrected chi connectivity index (χ4v) is 4.22. The van der Waals surface area contributed by atoms with E-state index in [0.29, 0.717) is 27.1 Å². The van der Waals surface area contributed by atoms with Crippen LogP contribution >= 0.6 is 31.9 Å². The molecule has 0 saturated heterocycles. The van der Waals surface area contributed by atoms with Gasteiger partial charge in [-0.1, -0.05) is 15.9 Å². The molecule has 2 rings (SSSR count). The third-order valence-corrected chi connectivity index (χ3v) is 5.37. The molecule has 1 unspecified atom stereocenters. The van der Waals surface area contributed by atoms with Crippen LogP contribution in [0.25, 0.3) is 0 Å². The zero-order valence-electron chi connectivity index (χ0n) is 11.9. The molecule has 5 nitrogen and oxygen atoms in total. The Hall–Kier alpha value is -0.340. The van der Waals surface area contributed by atoms with E-state index in [9.17, 15) is 15.3 Å². The van der Waals surface area contributed by atoms with E-state index >= 15 is 0 Å². The number of benzene rings is 1. The van der Waals surface area contributed by atoms with Gasteiger partial charge in [0, 0.05) is 16.0 Å². The summed E-state index contributed by atoms with van der Waals surface area (Å²) < 4.78 is 11.3. The second kappa shape index (κ2) is 6.04. The van der Waals surface area contributed by atoms with Crippen LogP contribution in [0.3, 0.4) is 0 Å². The SMILES string of the molecule is COc1cc(Br)c(OC)c2c1C(Br)C[C@@H](O)[C@]2(O)[C@@H](C)O. The van der Waals surface area contributed by atoms with E-state index in [1.54, 1.807) is 6.07 Å². The molecule has 0 spiro atoms. The van der Waals surface area contributed by atoms with Gasteiger partial charge >= 0.3 is 0 Å². The Bertz CT molecular complexity index is 549. The molecule has 1 aromatic rings. The summed E-state index contributed by atoms with van der Waals surface area (Å²) in [5, 5.41) is 31.4. The number of fused-ring (bicyclic) bond motifs is 1. The third-order valence-electron chi connectivity index (χ3n) is 3.95. The maximum Gasteiger partial charge on any atom is 0.145 e. The van der Waals surface area contributed by atoms with Gasteiger partial charge in [0.2, 0.25) is 0 Å². The van der Waals surface area contributed by atoms with Crippen molar-refractivity contribution in [2.24, 2.45) is 0 Å². The minimum atomic E-state index is -1.83. The summed E-state index contributed by atoms with van der Waals surface area (Å²) in [6.45, 7) is 1.44. The van der Waals surface area contributed by atoms with Crippen LogP contribution in [0.15, 0.2) is 10.5 Å². The van der Waals surface area contributed by atoms with E-state index < -0.39 is 17.8 Å². The van der Waals surface area contributed by atoms with Gasteiger partial charge in [-0.3, -0.25) is 0 Å². The zero-order valence-corrected chi connectivity index (χ0v) is 15.1. The Morgan fingerprint density at radius 1 is 1.38 bits per heavy atom. The Balaban J connectivity index is 2.88. The molecule has 0 aromatic heterocycles. The van der Waals surface area contributed by atoms with Crippen molar-refractivity contribution in [2.75, 3.05) is 14.2 Å². The molecule has 0 heterocycles. The average Bonchev–Trinajstić information content (AvgIpc) is 2.43. The summed E-state index contributed by atoms with van der Waals surface area (Å²) in [6.07, 6.45) is -2.07. The normalized spacial score (nSPS) is 29.7. The summed E-state index contributed by atoms with van der Waals surface area (Å²) in [7, 11) is 3.00. The molecule has 7 heteroatoms. The predicted octanol–water partition coefficient (Wildman–Crippen LogP) is 2.24. The van der Waals surface area contributed by atoms with Crippen LogP contribution in [0.4, 0.5) is 0 Å². The first-order chi connectivity index (χ1) is 9.78. The highest BCUT2D eigenvalue weighted by atomic mass is 79.9. The number of methoxy groups -OCH3 is 2. The predicted molar refractivity (Wildman–Crippen MR) is 85.1 cm³/mol. The van der Waals surface area contributed by atoms with E-state index in [4.69, 9.17) is 9.47 Å². The lowest BCUT2D eigenvalue weighted by molar-refractivity contribution is -0.155. The Morgan fingerprint density at radius 3 is 2.48 bits per heavy atom. The maximum absolute atomic E-state index is 11.0. The zero-order chi connectivity index (χ0) is 15.9. The number of hydrogen-bond acceptors (Lipinski definition) is 5. The van der Waals surface area contributed by atoms with Crippen LogP contribution in [0.5, 0.6) is 11.5 Å². The molecule has 1 aliphatic rings. The molecule has 0 aliphatic heterocycles. The van der Waals surface area contributed by atoms with Crippen LogP contribution < -0.4 is 9.47 Å². The second-order valence-electron chi connectivity index (χ2n) is 5.10. The highest BCUT2D eigenvalue weighted by Gasteiger charge is 2.51. The number of aliphatic hydroxyl groups excluding tert-OH is 2. The van der Waals surface area contributed by atoms with Gasteiger partial charge in [0.15, 0.2) is 0 Å². The smallest absolute Gasteiger partial charge is 0.145 e. The van der Waals surface area contributed by atoms with Crippen molar-refractivity contribution in [3.8, 4) is 11.5 Å². The van der Waals surface area contributed by atoms with E-state index in [1.165, 1.54) is 21.1 Å². The van der Waals surface area contributed by atoms with Crippen molar-refractivity contribution in [3.63, 3.8) is 0 Å². The van der Waals surface area contributed by atoms with Crippen molar-refractivity contribution in [3.05, 3.63) is 21.7 Å². The first-order valence-electron chi connectivity index (χ1n) is 6.46. The molecular formula is C14H18Br2O5.